The lowest BCUT2D eigenvalue weighted by atomic mass is 9.80. The summed E-state index contributed by atoms with van der Waals surface area (Å²) in [5.41, 5.74) is 1.21. The highest BCUT2D eigenvalue weighted by molar-refractivity contribution is 7.88. The fourth-order valence-corrected chi connectivity index (χ4v) is 5.83. The first kappa shape index (κ1) is 21.0. The Kier molecular flexibility index (Phi) is 5.21. The molecule has 0 radical (unpaired) electrons. The number of sulfonamides is 1. The Bertz CT molecular complexity index is 1040. The minimum Gasteiger partial charge on any atom is -0.361 e. The van der Waals surface area contributed by atoms with E-state index in [0.29, 0.717) is 50.5 Å². The van der Waals surface area contributed by atoms with E-state index >= 15 is 0 Å². The van der Waals surface area contributed by atoms with E-state index < -0.39 is 15.4 Å². The molecule has 0 bridgehead atoms. The van der Waals surface area contributed by atoms with Crippen molar-refractivity contribution in [2.45, 2.75) is 57.9 Å². The van der Waals surface area contributed by atoms with Crippen molar-refractivity contribution in [3.8, 4) is 0 Å². The van der Waals surface area contributed by atoms with Crippen LogP contribution in [-0.4, -0.2) is 59.3 Å². The van der Waals surface area contributed by atoms with Crippen LogP contribution in [0, 0.1) is 26.7 Å². The average Bonchev–Trinajstić information content (AvgIpc) is 3.37. The van der Waals surface area contributed by atoms with Crippen molar-refractivity contribution in [2.24, 2.45) is 5.92 Å². The first-order chi connectivity index (χ1) is 14.1. The summed E-state index contributed by atoms with van der Waals surface area (Å²) in [5, 5.41) is 10.9. The fourth-order valence-electron chi connectivity index (χ4n) is 4.92. The molecule has 1 N–H and O–H groups in total. The molecule has 2 aromatic heterocycles. The van der Waals surface area contributed by atoms with Crippen LogP contribution in [0.5, 0.6) is 0 Å². The topological polar surface area (TPSA) is 131 Å². The van der Waals surface area contributed by atoms with Gasteiger partial charge in [-0.2, -0.15) is 4.98 Å². The van der Waals surface area contributed by atoms with E-state index in [1.165, 1.54) is 10.6 Å². The molecule has 164 valence electrons. The van der Waals surface area contributed by atoms with Crippen LogP contribution >= 0.6 is 0 Å². The Morgan fingerprint density at radius 3 is 2.63 bits per heavy atom. The minimum atomic E-state index is -3.33. The Balaban J connectivity index is 1.46. The van der Waals surface area contributed by atoms with Gasteiger partial charge in [-0.15, -0.1) is 0 Å². The van der Waals surface area contributed by atoms with E-state index in [-0.39, 0.29) is 17.9 Å². The van der Waals surface area contributed by atoms with Gasteiger partial charge in [-0.05, 0) is 46.0 Å². The SMILES string of the molecule is Cc1noc([C@]23C[C@H](NC(=O)CCc4c(C)noc4C)C[C@H]2CN(S(C)(=O)=O)C3)n1. The second kappa shape index (κ2) is 7.45. The lowest BCUT2D eigenvalue weighted by Gasteiger charge is -2.24. The summed E-state index contributed by atoms with van der Waals surface area (Å²) in [6.07, 6.45) is 3.37. The number of carbonyl (C=O) groups is 1. The fraction of sp³-hybridized carbons (Fsp3) is 0.684. The molecule has 1 saturated heterocycles. The first-order valence-electron chi connectivity index (χ1n) is 10.1. The number of aryl methyl sites for hydroxylation is 3. The van der Waals surface area contributed by atoms with E-state index in [4.69, 9.17) is 9.05 Å². The Hall–Kier alpha value is -2.27. The summed E-state index contributed by atoms with van der Waals surface area (Å²) in [6.45, 7) is 6.14. The molecule has 30 heavy (non-hydrogen) atoms. The maximum atomic E-state index is 12.6. The predicted molar refractivity (Wildman–Crippen MR) is 106 cm³/mol. The highest BCUT2D eigenvalue weighted by Crippen LogP contribution is 2.50. The van der Waals surface area contributed by atoms with Crippen molar-refractivity contribution >= 4 is 15.9 Å². The normalized spacial score (nSPS) is 26.8. The van der Waals surface area contributed by atoms with Gasteiger partial charge in [0.2, 0.25) is 21.8 Å². The van der Waals surface area contributed by atoms with Gasteiger partial charge < -0.3 is 14.4 Å². The van der Waals surface area contributed by atoms with Crippen LogP contribution in [0.25, 0.3) is 0 Å². The smallest absolute Gasteiger partial charge is 0.234 e. The van der Waals surface area contributed by atoms with E-state index in [9.17, 15) is 13.2 Å². The first-order valence-corrected chi connectivity index (χ1v) is 11.9. The van der Waals surface area contributed by atoms with E-state index in [2.05, 4.69) is 20.6 Å². The number of hydrogen-bond acceptors (Lipinski definition) is 8. The van der Waals surface area contributed by atoms with E-state index in [1.54, 1.807) is 6.92 Å². The molecule has 1 aliphatic heterocycles. The molecule has 11 heteroatoms. The van der Waals surface area contributed by atoms with Crippen LogP contribution in [0.1, 0.15) is 48.0 Å². The zero-order chi connectivity index (χ0) is 21.7. The van der Waals surface area contributed by atoms with Crippen LogP contribution in [-0.2, 0) is 26.7 Å². The summed E-state index contributed by atoms with van der Waals surface area (Å²) in [4.78, 5) is 17.0. The summed E-state index contributed by atoms with van der Waals surface area (Å²) < 4.78 is 36.4. The number of nitrogens with one attached hydrogen (secondary N) is 1. The molecule has 2 aliphatic rings. The van der Waals surface area contributed by atoms with Crippen molar-refractivity contribution in [2.75, 3.05) is 19.3 Å². The zero-order valence-electron chi connectivity index (χ0n) is 17.6. The molecular formula is C19H27N5O5S. The van der Waals surface area contributed by atoms with E-state index in [1.807, 2.05) is 13.8 Å². The molecule has 0 spiro atoms. The molecular weight excluding hydrogens is 410 g/mol. The van der Waals surface area contributed by atoms with Gasteiger partial charge in [-0.1, -0.05) is 10.3 Å². The maximum Gasteiger partial charge on any atom is 0.234 e. The molecule has 2 fully saturated rings. The van der Waals surface area contributed by atoms with Gasteiger partial charge in [0.25, 0.3) is 0 Å². The molecule has 10 nitrogen and oxygen atoms in total. The summed E-state index contributed by atoms with van der Waals surface area (Å²) in [5.74, 6) is 1.69. The van der Waals surface area contributed by atoms with Gasteiger partial charge in [0, 0.05) is 31.1 Å². The molecule has 2 aromatic rings. The molecule has 0 unspecified atom stereocenters. The minimum absolute atomic E-state index is 0.0138. The van der Waals surface area contributed by atoms with E-state index in [0.717, 1.165) is 17.0 Å². The molecule has 1 saturated carbocycles. The summed E-state index contributed by atoms with van der Waals surface area (Å²) in [7, 11) is -3.33. The van der Waals surface area contributed by atoms with Crippen molar-refractivity contribution in [3.05, 3.63) is 28.7 Å². The lowest BCUT2D eigenvalue weighted by Crippen LogP contribution is -2.39. The van der Waals surface area contributed by atoms with Crippen molar-refractivity contribution in [3.63, 3.8) is 0 Å². The van der Waals surface area contributed by atoms with Crippen molar-refractivity contribution < 1.29 is 22.3 Å². The van der Waals surface area contributed by atoms with Gasteiger partial charge in [0.05, 0.1) is 17.4 Å². The Labute approximate surface area is 175 Å². The lowest BCUT2D eigenvalue weighted by molar-refractivity contribution is -0.121. The molecule has 1 aliphatic carbocycles. The Morgan fingerprint density at radius 1 is 1.27 bits per heavy atom. The van der Waals surface area contributed by atoms with Gasteiger partial charge in [0.1, 0.15) is 5.76 Å². The molecule has 1 amide bonds. The quantitative estimate of drug-likeness (QED) is 0.709. The monoisotopic (exact) mass is 437 g/mol. The second-order valence-electron chi connectivity index (χ2n) is 8.56. The van der Waals surface area contributed by atoms with Gasteiger partial charge >= 0.3 is 0 Å². The second-order valence-corrected chi connectivity index (χ2v) is 10.5. The number of nitrogens with zero attached hydrogens (tertiary/aromatic N) is 4. The number of amides is 1. The summed E-state index contributed by atoms with van der Waals surface area (Å²) >= 11 is 0. The largest absolute Gasteiger partial charge is 0.361 e. The molecule has 4 rings (SSSR count). The third-order valence-electron chi connectivity index (χ3n) is 6.41. The molecule has 3 atom stereocenters. The highest BCUT2D eigenvalue weighted by atomic mass is 32.2. The Morgan fingerprint density at radius 2 is 2.03 bits per heavy atom. The third-order valence-corrected chi connectivity index (χ3v) is 7.63. The molecule has 3 heterocycles. The standard InChI is InChI=1S/C19H27N5O5S/c1-11-16(12(2)28-22-11)5-6-17(25)21-15-7-14-9-24(30(4,26)27)10-19(14,8-15)18-20-13(3)23-29-18/h14-15H,5-10H2,1-4H3,(H,21,25)/t14-,15+,19-/m0/s1. The predicted octanol–water partition coefficient (Wildman–Crippen LogP) is 1.02. The van der Waals surface area contributed by atoms with Gasteiger partial charge in [-0.3, -0.25) is 4.79 Å². The number of rotatable bonds is 6. The maximum absolute atomic E-state index is 12.6. The number of fused-ring (bicyclic) bond motifs is 1. The van der Waals surface area contributed by atoms with Crippen LogP contribution in [0.2, 0.25) is 0 Å². The van der Waals surface area contributed by atoms with Crippen LogP contribution in [0.4, 0.5) is 0 Å². The van der Waals surface area contributed by atoms with Crippen molar-refractivity contribution in [1.29, 1.82) is 0 Å². The summed E-state index contributed by atoms with van der Waals surface area (Å²) in [6, 6.07) is -0.0684. The number of carbonyl (C=O) groups excluding carboxylic acids is 1. The van der Waals surface area contributed by atoms with Crippen LogP contribution in [0.15, 0.2) is 9.05 Å². The molecule has 0 aromatic carbocycles. The van der Waals surface area contributed by atoms with Crippen molar-refractivity contribution in [1.82, 2.24) is 24.9 Å². The average molecular weight is 438 g/mol. The number of hydrogen-bond donors (Lipinski definition) is 1. The third kappa shape index (κ3) is 3.76. The van der Waals surface area contributed by atoms with Crippen LogP contribution < -0.4 is 5.32 Å². The zero-order valence-corrected chi connectivity index (χ0v) is 18.5. The highest BCUT2D eigenvalue weighted by Gasteiger charge is 2.58. The number of aromatic nitrogens is 3. The van der Waals surface area contributed by atoms with Crippen LogP contribution in [0.3, 0.4) is 0 Å². The van der Waals surface area contributed by atoms with Gasteiger partial charge in [-0.25, -0.2) is 12.7 Å². The van der Waals surface area contributed by atoms with Gasteiger partial charge in [0.15, 0.2) is 5.82 Å².